The van der Waals surface area contributed by atoms with Gasteiger partial charge in [0.2, 0.25) is 0 Å². The highest BCUT2D eigenvalue weighted by atomic mass is 31.3. The highest BCUT2D eigenvalue weighted by Crippen LogP contribution is 2.74. The molecule has 0 radical (unpaired) electrons. The second-order valence-electron chi connectivity index (χ2n) is 13.3. The molecule has 9 nitrogen and oxygen atoms in total. The van der Waals surface area contributed by atoms with Gasteiger partial charge in [-0.1, -0.05) is 83.1 Å². The number of nitrogens with zero attached hydrogens (tertiary/aromatic N) is 4. The molecule has 0 saturated carbocycles. The molecule has 1 aliphatic rings. The normalized spacial score (nSPS) is 21.9. The van der Waals surface area contributed by atoms with E-state index in [0.29, 0.717) is 35.5 Å². The summed E-state index contributed by atoms with van der Waals surface area (Å²) in [7, 11) is -2.58. The highest BCUT2D eigenvalue weighted by molar-refractivity contribution is 7.81. The summed E-state index contributed by atoms with van der Waals surface area (Å²) in [6.45, 7) is 32.7. The zero-order valence-electron chi connectivity index (χ0n) is 27.3. The van der Waals surface area contributed by atoms with Crippen LogP contribution < -0.4 is 25.4 Å². The van der Waals surface area contributed by atoms with E-state index in [9.17, 15) is 0 Å². The standard InChI is InChI=1S/C26H64N9P3/c1-21(2)15-27-36(28-16-22(3)4)33-37(29-17-23(5)6,30-18-24(7)8)35(14)38(34(36)13,31-19-25(9)10)32-20-26(11)12/h21-29H,15-20H2,1-14H3,(H,31,32)/p+1/t37-/m0/s1. The number of nitrogens with one attached hydrogen (secondary N) is 5. The van der Waals surface area contributed by atoms with E-state index in [1.165, 1.54) is 0 Å². The lowest BCUT2D eigenvalue weighted by Crippen LogP contribution is -2.47. The van der Waals surface area contributed by atoms with E-state index in [4.69, 9.17) is 9.26 Å². The Morgan fingerprint density at radius 2 is 0.974 bits per heavy atom. The molecule has 228 valence electrons. The monoisotopic (exact) mass is 596 g/mol. The summed E-state index contributed by atoms with van der Waals surface area (Å²) >= 11 is 0. The smallest absolute Gasteiger partial charge is 0.258 e. The predicted molar refractivity (Wildman–Crippen MR) is 173 cm³/mol. The van der Waals surface area contributed by atoms with Gasteiger partial charge in [0.15, 0.2) is 7.51 Å². The van der Waals surface area contributed by atoms with Crippen molar-refractivity contribution >= 4 is 22.5 Å². The van der Waals surface area contributed by atoms with Gasteiger partial charge in [0.1, 0.15) is 7.05 Å². The van der Waals surface area contributed by atoms with Crippen LogP contribution in [0.3, 0.4) is 0 Å². The third-order valence-corrected chi connectivity index (χ3v) is 18.2. The van der Waals surface area contributed by atoms with Gasteiger partial charge in [-0.2, -0.15) is 8.54 Å². The van der Waals surface area contributed by atoms with E-state index in [1.54, 1.807) is 0 Å². The molecular formula is C26H65N9P3+. The van der Waals surface area contributed by atoms with E-state index < -0.39 is 22.5 Å². The third-order valence-electron chi connectivity index (χ3n) is 6.15. The van der Waals surface area contributed by atoms with Crippen molar-refractivity contribution in [3.8, 4) is 0 Å². The molecule has 0 aromatic rings. The van der Waals surface area contributed by atoms with Crippen LogP contribution in [-0.2, 0) is 0 Å². The Kier molecular flexibility index (Phi) is 15.5. The van der Waals surface area contributed by atoms with Crippen molar-refractivity contribution in [2.45, 2.75) is 83.1 Å². The minimum Gasteiger partial charge on any atom is -0.258 e. The summed E-state index contributed by atoms with van der Waals surface area (Å²) in [6.07, 6.45) is 0. The first kappa shape index (κ1) is 36.5. The molecule has 1 atom stereocenters. The lowest BCUT2D eigenvalue weighted by molar-refractivity contribution is -0.316. The van der Waals surface area contributed by atoms with Gasteiger partial charge in [-0.3, -0.25) is 10.2 Å². The first-order valence-electron chi connectivity index (χ1n) is 14.9. The van der Waals surface area contributed by atoms with Crippen LogP contribution >= 0.6 is 22.5 Å². The van der Waals surface area contributed by atoms with Crippen LogP contribution in [0.1, 0.15) is 83.1 Å². The molecular weight excluding hydrogens is 531 g/mol. The van der Waals surface area contributed by atoms with Crippen molar-refractivity contribution in [1.29, 1.82) is 0 Å². The number of hydrogen-bond donors (Lipinski definition) is 5. The molecule has 0 saturated heterocycles. The van der Waals surface area contributed by atoms with Gasteiger partial charge in [-0.05, 0) is 35.5 Å². The van der Waals surface area contributed by atoms with Crippen LogP contribution in [0.25, 0.3) is 0 Å². The fourth-order valence-corrected chi connectivity index (χ4v) is 19.1. The third kappa shape index (κ3) is 10.4. The Labute approximate surface area is 237 Å². The van der Waals surface area contributed by atoms with Gasteiger partial charge >= 0.3 is 15.0 Å². The lowest BCUT2D eigenvalue weighted by atomic mass is 10.2. The second-order valence-corrected chi connectivity index (χ2v) is 22.5. The zero-order chi connectivity index (χ0) is 29.3. The molecule has 1 rings (SSSR count). The summed E-state index contributed by atoms with van der Waals surface area (Å²) in [4.78, 5) is 0. The largest absolute Gasteiger partial charge is 0.399 e. The summed E-state index contributed by atoms with van der Waals surface area (Å²) in [5.41, 5.74) is 0. The molecule has 38 heavy (non-hydrogen) atoms. The van der Waals surface area contributed by atoms with Gasteiger partial charge in [0, 0.05) is 46.3 Å². The lowest BCUT2D eigenvalue weighted by Gasteiger charge is -2.46. The van der Waals surface area contributed by atoms with Crippen LogP contribution in [0.4, 0.5) is 0 Å². The fraction of sp³-hybridized carbons (Fsp3) is 1.00. The maximum atomic E-state index is 5.87. The van der Waals surface area contributed by atoms with Crippen LogP contribution in [0.2, 0.25) is 0 Å². The Bertz CT molecular complexity index is 847. The Morgan fingerprint density at radius 1 is 0.605 bits per heavy atom. The van der Waals surface area contributed by atoms with E-state index in [2.05, 4.69) is 131 Å². The van der Waals surface area contributed by atoms with Gasteiger partial charge < -0.3 is 0 Å². The molecule has 0 spiro atoms. The second kappa shape index (κ2) is 16.2. The highest BCUT2D eigenvalue weighted by Gasteiger charge is 2.53. The van der Waals surface area contributed by atoms with Crippen molar-refractivity contribution < 1.29 is 4.10 Å². The topological polar surface area (TPSA) is 91.1 Å². The molecule has 0 unspecified atom stereocenters. The van der Waals surface area contributed by atoms with Gasteiger partial charge in [0.05, 0.1) is 0 Å². The molecule has 1 aliphatic heterocycles. The minimum absolute atomic E-state index is 0.468. The van der Waals surface area contributed by atoms with Crippen LogP contribution in [-0.4, -0.2) is 61.9 Å². The van der Waals surface area contributed by atoms with E-state index in [1.807, 2.05) is 0 Å². The summed E-state index contributed by atoms with van der Waals surface area (Å²) < 4.78 is 16.5. The van der Waals surface area contributed by atoms with Crippen molar-refractivity contribution in [2.75, 3.05) is 53.4 Å². The van der Waals surface area contributed by atoms with E-state index in [0.717, 1.165) is 39.3 Å². The van der Waals surface area contributed by atoms with Gasteiger partial charge in [-0.15, -0.1) is 4.52 Å². The van der Waals surface area contributed by atoms with Crippen LogP contribution in [0.15, 0.2) is 9.26 Å². The molecule has 0 amide bonds. The number of rotatable bonds is 17. The Morgan fingerprint density at radius 3 is 1.34 bits per heavy atom. The molecule has 1 heterocycles. The van der Waals surface area contributed by atoms with E-state index >= 15 is 0 Å². The van der Waals surface area contributed by atoms with Gasteiger partial charge in [-0.25, -0.2) is 20.0 Å². The average Bonchev–Trinajstić information content (AvgIpc) is 2.81. The summed E-state index contributed by atoms with van der Waals surface area (Å²) in [6, 6.07) is 0. The van der Waals surface area contributed by atoms with Gasteiger partial charge in [0.25, 0.3) is 0 Å². The van der Waals surface area contributed by atoms with Crippen LogP contribution in [0, 0.1) is 35.5 Å². The Hall–Kier alpha value is 0.450. The predicted octanol–water partition coefficient (Wildman–Crippen LogP) is 7.30. The maximum Gasteiger partial charge on any atom is 0.399 e. The number of hydrogen-bond acceptors (Lipinski definition) is 6. The van der Waals surface area contributed by atoms with Crippen molar-refractivity contribution in [1.82, 2.24) is 29.9 Å². The molecule has 0 aliphatic carbocycles. The maximum absolute atomic E-state index is 5.87. The SMILES string of the molecule is CC(C)CN=[P@@]1(NCC(C)C)N=P(NCC(C)C)(NCC(C)C)N(C)P(NCC(C)C)(NCC(C)C)=[N+]1C. The fourth-order valence-electron chi connectivity index (χ4n) is 3.77. The molecule has 0 bridgehead atoms. The quantitative estimate of drug-likeness (QED) is 0.113. The summed E-state index contributed by atoms with van der Waals surface area (Å²) in [5, 5.41) is 20.3. The van der Waals surface area contributed by atoms with Crippen molar-refractivity contribution in [3.63, 3.8) is 0 Å². The minimum atomic E-state index is -2.47. The zero-order valence-corrected chi connectivity index (χ0v) is 30.0. The van der Waals surface area contributed by atoms with E-state index in [-0.39, 0.29) is 0 Å². The van der Waals surface area contributed by atoms with Crippen molar-refractivity contribution in [3.05, 3.63) is 0 Å². The molecule has 0 fully saturated rings. The molecule has 0 aromatic carbocycles. The molecule has 5 N–H and O–H groups in total. The average molecular weight is 597 g/mol. The summed E-state index contributed by atoms with van der Waals surface area (Å²) in [5.74, 6) is 3.05. The van der Waals surface area contributed by atoms with Crippen LogP contribution in [0.5, 0.6) is 0 Å². The molecule has 0 aromatic heterocycles. The first-order chi connectivity index (χ1) is 17.5. The molecule has 12 heteroatoms. The first-order valence-corrected chi connectivity index (χ1v) is 19.9. The van der Waals surface area contributed by atoms with Crippen molar-refractivity contribution in [2.24, 2.45) is 44.8 Å². The Balaban J connectivity index is 4.18.